The van der Waals surface area contributed by atoms with Gasteiger partial charge in [-0.2, -0.15) is 0 Å². The Labute approximate surface area is 49.4 Å². The van der Waals surface area contributed by atoms with Gasteiger partial charge in [0.1, 0.15) is 0 Å². The van der Waals surface area contributed by atoms with Crippen LogP contribution in [0.25, 0.3) is 0 Å². The fourth-order valence-electron chi connectivity index (χ4n) is 0.802. The first-order chi connectivity index (χ1) is 3.00. The van der Waals surface area contributed by atoms with Crippen LogP contribution in [0.5, 0.6) is 0 Å². The molecule has 1 rings (SSSR count). The smallest absolute Gasteiger partial charge is 0 e. The van der Waals surface area contributed by atoms with Gasteiger partial charge >= 0.3 is 0 Å². The van der Waals surface area contributed by atoms with Crippen molar-refractivity contribution in [2.75, 3.05) is 12.3 Å². The minimum absolute atomic E-state index is 0. The van der Waals surface area contributed by atoms with Crippen molar-refractivity contribution in [3.8, 4) is 0 Å². The molecule has 0 aromatic heterocycles. The summed E-state index contributed by atoms with van der Waals surface area (Å²) in [5, 5.41) is 0. The van der Waals surface area contributed by atoms with E-state index in [4.69, 9.17) is 0 Å². The fourth-order valence-corrected chi connectivity index (χ4v) is 2.05. The highest BCUT2D eigenvalue weighted by Crippen LogP contribution is 2.21. The Kier molecular flexibility index (Phi) is 4.98. The number of hydrogen-bond acceptors (Lipinski definition) is 0. The van der Waals surface area contributed by atoms with Gasteiger partial charge < -0.3 is 0 Å². The normalized spacial score (nSPS) is 20.6. The summed E-state index contributed by atoms with van der Waals surface area (Å²) in [6, 6.07) is 0. The fraction of sp³-hybridized carbons (Fsp3) is 1.00. The van der Waals surface area contributed by atoms with Crippen LogP contribution in [0, 0.1) is 0 Å². The Morgan fingerprint density at radius 1 is 0.857 bits per heavy atom. The van der Waals surface area contributed by atoms with Gasteiger partial charge in [-0.05, 0) is 25.2 Å². The Bertz CT molecular complexity index is 23.6. The topological polar surface area (TPSA) is 0 Å². The Balaban J connectivity index is 0.000000360. The molecule has 1 aliphatic heterocycles. The van der Waals surface area contributed by atoms with Crippen molar-refractivity contribution in [3.63, 3.8) is 0 Å². The van der Waals surface area contributed by atoms with Crippen LogP contribution >= 0.6 is 8.58 Å². The van der Waals surface area contributed by atoms with E-state index in [1.54, 1.807) is 0 Å². The van der Waals surface area contributed by atoms with Gasteiger partial charge in [-0.3, -0.25) is 0 Å². The van der Waals surface area contributed by atoms with E-state index >= 15 is 0 Å². The van der Waals surface area contributed by atoms with E-state index in [0.29, 0.717) is 0 Å². The molecular formula is C5H11BP. The first kappa shape index (κ1) is 7.49. The molecule has 0 aromatic rings. The van der Waals surface area contributed by atoms with E-state index in [1.807, 2.05) is 0 Å². The van der Waals surface area contributed by atoms with E-state index in [-0.39, 0.29) is 8.41 Å². The molecule has 0 aromatic carbocycles. The standard InChI is InChI=1S/C5H11P.B/c1-2-4-6-5-3-1;/h6H,1-5H2;. The monoisotopic (exact) mass is 113 g/mol. The van der Waals surface area contributed by atoms with Crippen molar-refractivity contribution in [3.05, 3.63) is 0 Å². The maximum atomic E-state index is 1.53. The van der Waals surface area contributed by atoms with Gasteiger partial charge in [-0.15, -0.1) is 8.58 Å². The lowest BCUT2D eigenvalue weighted by Crippen LogP contribution is -1.89. The van der Waals surface area contributed by atoms with Crippen molar-refractivity contribution >= 4 is 17.0 Å². The first-order valence-electron chi connectivity index (χ1n) is 2.71. The van der Waals surface area contributed by atoms with E-state index < -0.39 is 0 Å². The summed E-state index contributed by atoms with van der Waals surface area (Å²) in [7, 11) is 1.30. The maximum Gasteiger partial charge on any atom is 0 e. The van der Waals surface area contributed by atoms with Crippen LogP contribution in [-0.4, -0.2) is 20.7 Å². The molecule has 0 bridgehead atoms. The molecule has 1 heterocycles. The van der Waals surface area contributed by atoms with Gasteiger partial charge in [0.15, 0.2) is 0 Å². The molecule has 0 atom stereocenters. The zero-order chi connectivity index (χ0) is 4.24. The van der Waals surface area contributed by atoms with Crippen molar-refractivity contribution in [2.45, 2.75) is 19.3 Å². The zero-order valence-electron chi connectivity index (χ0n) is 4.61. The van der Waals surface area contributed by atoms with Gasteiger partial charge in [0.05, 0.1) is 0 Å². The van der Waals surface area contributed by atoms with Gasteiger partial charge in [-0.1, -0.05) is 6.42 Å². The molecule has 0 unspecified atom stereocenters. The van der Waals surface area contributed by atoms with Crippen molar-refractivity contribution in [1.82, 2.24) is 0 Å². The molecule has 39 valence electrons. The van der Waals surface area contributed by atoms with Crippen molar-refractivity contribution in [1.29, 1.82) is 0 Å². The summed E-state index contributed by atoms with van der Waals surface area (Å²) >= 11 is 0. The molecule has 0 saturated carbocycles. The van der Waals surface area contributed by atoms with Crippen LogP contribution in [0.15, 0.2) is 0 Å². The van der Waals surface area contributed by atoms with E-state index in [9.17, 15) is 0 Å². The Morgan fingerprint density at radius 3 is 1.57 bits per heavy atom. The first-order valence-corrected chi connectivity index (χ1v) is 4.12. The highest BCUT2D eigenvalue weighted by molar-refractivity contribution is 7.38. The average molecular weight is 113 g/mol. The molecular weight excluding hydrogens is 102 g/mol. The van der Waals surface area contributed by atoms with Gasteiger partial charge in [0, 0.05) is 8.41 Å². The molecule has 0 amide bonds. The van der Waals surface area contributed by atoms with Gasteiger partial charge in [0.2, 0.25) is 0 Å². The average Bonchev–Trinajstić information content (AvgIpc) is 1.72. The molecule has 1 aliphatic rings. The zero-order valence-corrected chi connectivity index (χ0v) is 5.61. The molecule has 1 fully saturated rings. The summed E-state index contributed by atoms with van der Waals surface area (Å²) in [5.74, 6) is 0. The minimum atomic E-state index is 0. The number of hydrogen-bond donors (Lipinski definition) is 0. The molecule has 0 aliphatic carbocycles. The second-order valence-corrected chi connectivity index (χ2v) is 3.31. The van der Waals surface area contributed by atoms with Gasteiger partial charge in [-0.25, -0.2) is 0 Å². The molecule has 7 heavy (non-hydrogen) atoms. The van der Waals surface area contributed by atoms with E-state index in [2.05, 4.69) is 0 Å². The van der Waals surface area contributed by atoms with Crippen LogP contribution in [0.4, 0.5) is 0 Å². The lowest BCUT2D eigenvalue weighted by molar-refractivity contribution is 0.759. The summed E-state index contributed by atoms with van der Waals surface area (Å²) in [5.41, 5.74) is 0. The quantitative estimate of drug-likeness (QED) is 0.329. The predicted molar refractivity (Wildman–Crippen MR) is 37.7 cm³/mol. The largest absolute Gasteiger partial charge is 0.122 e. The van der Waals surface area contributed by atoms with Crippen LogP contribution < -0.4 is 0 Å². The summed E-state index contributed by atoms with van der Waals surface area (Å²) in [4.78, 5) is 0. The van der Waals surface area contributed by atoms with Crippen LogP contribution in [0.3, 0.4) is 0 Å². The molecule has 0 nitrogen and oxygen atoms in total. The minimum Gasteiger partial charge on any atom is -0.122 e. The summed E-state index contributed by atoms with van der Waals surface area (Å²) in [6.45, 7) is 0. The Morgan fingerprint density at radius 2 is 1.43 bits per heavy atom. The van der Waals surface area contributed by atoms with E-state index in [0.717, 1.165) is 0 Å². The van der Waals surface area contributed by atoms with E-state index in [1.165, 1.54) is 40.2 Å². The lowest BCUT2D eigenvalue weighted by atomic mass is 10.3. The summed E-state index contributed by atoms with van der Waals surface area (Å²) < 4.78 is 0. The Hall–Kier alpha value is 0.495. The lowest BCUT2D eigenvalue weighted by Gasteiger charge is -2.06. The van der Waals surface area contributed by atoms with Crippen LogP contribution in [-0.2, 0) is 0 Å². The SMILES string of the molecule is C1CCPCC1.[B]. The molecule has 0 N–H and O–H groups in total. The highest BCUT2D eigenvalue weighted by atomic mass is 31.1. The summed E-state index contributed by atoms with van der Waals surface area (Å²) in [6.07, 6.45) is 7.59. The second kappa shape index (κ2) is 4.65. The molecule has 0 spiro atoms. The van der Waals surface area contributed by atoms with Gasteiger partial charge in [0.25, 0.3) is 0 Å². The van der Waals surface area contributed by atoms with Crippen molar-refractivity contribution in [2.24, 2.45) is 0 Å². The van der Waals surface area contributed by atoms with Crippen LogP contribution in [0.2, 0.25) is 0 Å². The third kappa shape index (κ3) is 3.11. The highest BCUT2D eigenvalue weighted by Gasteiger charge is 1.95. The van der Waals surface area contributed by atoms with Crippen molar-refractivity contribution < 1.29 is 0 Å². The third-order valence-corrected chi connectivity index (χ3v) is 2.62. The number of rotatable bonds is 0. The maximum absolute atomic E-state index is 1.53. The molecule has 1 saturated heterocycles. The van der Waals surface area contributed by atoms with Crippen LogP contribution in [0.1, 0.15) is 19.3 Å². The molecule has 2 heteroatoms. The molecule has 3 radical (unpaired) electrons. The third-order valence-electron chi connectivity index (χ3n) is 1.21. The predicted octanol–water partition coefficient (Wildman–Crippen LogP) is 1.47. The second-order valence-electron chi connectivity index (χ2n) is 1.81.